The largest absolute Gasteiger partial charge is 0.399 e. The zero-order valence-corrected chi connectivity index (χ0v) is 11.1. The fraction of sp³-hybridized carbons (Fsp3) is 0.286. The molecule has 0 aliphatic rings. The van der Waals surface area contributed by atoms with Crippen LogP contribution in [0.4, 0.5) is 5.69 Å². The van der Waals surface area contributed by atoms with Gasteiger partial charge in [-0.15, -0.1) is 0 Å². The molecule has 0 unspecified atom stereocenters. The molecule has 0 saturated carbocycles. The van der Waals surface area contributed by atoms with Gasteiger partial charge in [0, 0.05) is 24.5 Å². The number of hydrogen-bond acceptors (Lipinski definition) is 3. The smallest absolute Gasteiger partial charge is 0.257 e. The van der Waals surface area contributed by atoms with Crippen LogP contribution in [0.1, 0.15) is 29.8 Å². The number of amides is 1. The quantitative estimate of drug-likeness (QED) is 0.824. The fourth-order valence-electron chi connectivity index (χ4n) is 1.91. The predicted molar refractivity (Wildman–Crippen MR) is 74.5 cm³/mol. The van der Waals surface area contributed by atoms with Crippen molar-refractivity contribution in [2.75, 3.05) is 5.73 Å². The summed E-state index contributed by atoms with van der Waals surface area (Å²) >= 11 is 0. The van der Waals surface area contributed by atoms with Gasteiger partial charge in [0.05, 0.1) is 11.8 Å². The van der Waals surface area contributed by atoms with Gasteiger partial charge in [0.1, 0.15) is 0 Å². The Morgan fingerprint density at radius 2 is 2.26 bits per heavy atom. The van der Waals surface area contributed by atoms with E-state index in [1.807, 2.05) is 38.1 Å². The Kier molecular flexibility index (Phi) is 3.85. The van der Waals surface area contributed by atoms with Crippen molar-refractivity contribution in [2.45, 2.75) is 26.4 Å². The maximum absolute atomic E-state index is 12.4. The molecule has 0 radical (unpaired) electrons. The summed E-state index contributed by atoms with van der Waals surface area (Å²) in [6.45, 7) is 4.52. The third kappa shape index (κ3) is 3.13. The molecule has 3 N–H and O–H groups in total. The van der Waals surface area contributed by atoms with Gasteiger partial charge in [0.2, 0.25) is 0 Å². The van der Waals surface area contributed by atoms with E-state index in [-0.39, 0.29) is 11.9 Å². The highest BCUT2D eigenvalue weighted by atomic mass is 16.2. The summed E-state index contributed by atoms with van der Waals surface area (Å²) in [5.41, 5.74) is 8.05. The van der Waals surface area contributed by atoms with Crippen LogP contribution in [0.3, 0.4) is 0 Å². The van der Waals surface area contributed by atoms with E-state index < -0.39 is 0 Å². The molecular weight excluding hydrogens is 240 g/mol. The molecule has 1 heterocycles. The molecule has 2 rings (SSSR count). The van der Waals surface area contributed by atoms with Crippen LogP contribution in [0.25, 0.3) is 0 Å². The molecule has 0 aliphatic carbocycles. The summed E-state index contributed by atoms with van der Waals surface area (Å²) < 4.78 is 0. The summed E-state index contributed by atoms with van der Waals surface area (Å²) in [7, 11) is 0. The first-order chi connectivity index (χ1) is 9.08. The van der Waals surface area contributed by atoms with E-state index in [1.165, 1.54) is 6.20 Å². The highest BCUT2D eigenvalue weighted by molar-refractivity contribution is 5.93. The molecule has 0 aliphatic heterocycles. The number of rotatable bonds is 4. The van der Waals surface area contributed by atoms with E-state index >= 15 is 0 Å². The van der Waals surface area contributed by atoms with Crippen LogP contribution < -0.4 is 5.73 Å². The molecule has 1 aromatic carbocycles. The Morgan fingerprint density at radius 1 is 1.47 bits per heavy atom. The minimum absolute atomic E-state index is 0.0359. The highest BCUT2D eigenvalue weighted by Crippen LogP contribution is 2.14. The van der Waals surface area contributed by atoms with Gasteiger partial charge >= 0.3 is 0 Å². The third-order valence-corrected chi connectivity index (χ3v) is 2.93. The van der Waals surface area contributed by atoms with Crippen molar-refractivity contribution in [1.29, 1.82) is 0 Å². The number of nitrogens with two attached hydrogens (primary N) is 1. The Bertz CT molecular complexity index is 548. The minimum atomic E-state index is -0.0359. The predicted octanol–water partition coefficient (Wildman–Crippen LogP) is 2.04. The lowest BCUT2D eigenvalue weighted by Crippen LogP contribution is -2.36. The lowest BCUT2D eigenvalue weighted by atomic mass is 10.1. The number of aromatic amines is 1. The monoisotopic (exact) mass is 258 g/mol. The van der Waals surface area contributed by atoms with Crippen molar-refractivity contribution in [1.82, 2.24) is 15.1 Å². The van der Waals surface area contributed by atoms with Crippen molar-refractivity contribution in [3.8, 4) is 0 Å². The number of aromatic nitrogens is 2. The second-order valence-corrected chi connectivity index (χ2v) is 4.76. The Morgan fingerprint density at radius 3 is 2.84 bits per heavy atom. The van der Waals surface area contributed by atoms with Gasteiger partial charge in [-0.2, -0.15) is 5.10 Å². The fourth-order valence-corrected chi connectivity index (χ4v) is 1.91. The molecule has 0 bridgehead atoms. The topological polar surface area (TPSA) is 75.0 Å². The highest BCUT2D eigenvalue weighted by Gasteiger charge is 2.19. The Balaban J connectivity index is 2.19. The first-order valence-corrected chi connectivity index (χ1v) is 6.22. The van der Waals surface area contributed by atoms with Crippen molar-refractivity contribution in [2.24, 2.45) is 0 Å². The summed E-state index contributed by atoms with van der Waals surface area (Å²) in [5, 5.41) is 6.47. The van der Waals surface area contributed by atoms with Crippen molar-refractivity contribution in [3.05, 3.63) is 47.8 Å². The van der Waals surface area contributed by atoms with Gasteiger partial charge < -0.3 is 10.6 Å². The van der Waals surface area contributed by atoms with Crippen LogP contribution in [-0.4, -0.2) is 27.0 Å². The van der Waals surface area contributed by atoms with Gasteiger partial charge in [-0.25, -0.2) is 0 Å². The molecule has 0 atom stereocenters. The number of H-pyrrole nitrogens is 1. The van der Waals surface area contributed by atoms with Crippen molar-refractivity contribution < 1.29 is 4.79 Å². The number of anilines is 1. The number of hydrogen-bond donors (Lipinski definition) is 2. The van der Waals surface area contributed by atoms with E-state index in [9.17, 15) is 4.79 Å². The van der Waals surface area contributed by atoms with Crippen molar-refractivity contribution >= 4 is 11.6 Å². The zero-order chi connectivity index (χ0) is 13.8. The summed E-state index contributed by atoms with van der Waals surface area (Å²) in [6.07, 6.45) is 3.15. The molecule has 1 aromatic heterocycles. The second-order valence-electron chi connectivity index (χ2n) is 4.76. The maximum atomic E-state index is 12.4. The van der Waals surface area contributed by atoms with Crippen molar-refractivity contribution in [3.63, 3.8) is 0 Å². The van der Waals surface area contributed by atoms with E-state index in [0.717, 1.165) is 5.56 Å². The lowest BCUT2D eigenvalue weighted by molar-refractivity contribution is 0.0690. The SMILES string of the molecule is CC(C)N(Cc1cccc(N)c1)C(=O)c1cn[nH]c1. The molecule has 0 saturated heterocycles. The number of nitrogens with one attached hydrogen (secondary N) is 1. The van der Waals surface area contributed by atoms with Crippen LogP contribution in [0, 0.1) is 0 Å². The second kappa shape index (κ2) is 5.56. The van der Waals surface area contributed by atoms with Crippen LogP contribution >= 0.6 is 0 Å². The van der Waals surface area contributed by atoms with Gasteiger partial charge in [-0.05, 0) is 31.5 Å². The summed E-state index contributed by atoms with van der Waals surface area (Å²) in [6, 6.07) is 7.68. The average molecular weight is 258 g/mol. The van der Waals surface area contributed by atoms with E-state index in [1.54, 1.807) is 11.1 Å². The Hall–Kier alpha value is -2.30. The van der Waals surface area contributed by atoms with Gasteiger partial charge in [0.25, 0.3) is 5.91 Å². The molecule has 5 nitrogen and oxygen atoms in total. The van der Waals surface area contributed by atoms with Crippen LogP contribution in [0.15, 0.2) is 36.7 Å². The number of nitrogen functional groups attached to an aromatic ring is 1. The standard InChI is InChI=1S/C14H18N4O/c1-10(2)18(14(19)12-7-16-17-8-12)9-11-4-3-5-13(15)6-11/h3-8,10H,9,15H2,1-2H3,(H,16,17). The Labute approximate surface area is 112 Å². The number of carbonyl (C=O) groups excluding carboxylic acids is 1. The minimum Gasteiger partial charge on any atom is -0.399 e. The van der Waals surface area contributed by atoms with Gasteiger partial charge in [-0.1, -0.05) is 12.1 Å². The van der Waals surface area contributed by atoms with E-state index in [0.29, 0.717) is 17.8 Å². The number of carbonyl (C=O) groups is 1. The van der Waals surface area contributed by atoms with Crippen LogP contribution in [0.5, 0.6) is 0 Å². The first kappa shape index (κ1) is 13.1. The summed E-state index contributed by atoms with van der Waals surface area (Å²) in [4.78, 5) is 14.2. The number of benzene rings is 1. The van der Waals surface area contributed by atoms with E-state index in [4.69, 9.17) is 5.73 Å². The van der Waals surface area contributed by atoms with Crippen LogP contribution in [-0.2, 0) is 6.54 Å². The average Bonchev–Trinajstić information content (AvgIpc) is 2.88. The number of nitrogens with zero attached hydrogens (tertiary/aromatic N) is 2. The summed E-state index contributed by atoms with van der Waals surface area (Å²) in [5.74, 6) is -0.0359. The molecule has 19 heavy (non-hydrogen) atoms. The van der Waals surface area contributed by atoms with Gasteiger partial charge in [-0.3, -0.25) is 9.89 Å². The zero-order valence-electron chi connectivity index (χ0n) is 11.1. The first-order valence-electron chi connectivity index (χ1n) is 6.22. The normalized spacial score (nSPS) is 10.7. The molecular formula is C14H18N4O. The van der Waals surface area contributed by atoms with Crippen LogP contribution in [0.2, 0.25) is 0 Å². The van der Waals surface area contributed by atoms with Gasteiger partial charge in [0.15, 0.2) is 0 Å². The molecule has 5 heteroatoms. The molecule has 1 amide bonds. The molecule has 100 valence electrons. The molecule has 2 aromatic rings. The lowest BCUT2D eigenvalue weighted by Gasteiger charge is -2.26. The maximum Gasteiger partial charge on any atom is 0.257 e. The molecule has 0 fully saturated rings. The van der Waals surface area contributed by atoms with E-state index in [2.05, 4.69) is 10.2 Å². The molecule has 0 spiro atoms. The third-order valence-electron chi connectivity index (χ3n) is 2.93.